The standard InChI is InChI=1S/C16H17ClN2S/c1-11-6-5-8-13(16(18)20)15(11)19(2)10-12-7-3-4-9-14(12)17/h3-9H,10H2,1-2H3,(H2,18,20). The van der Waals surface area contributed by atoms with Crippen LogP contribution in [0.5, 0.6) is 0 Å². The zero-order valence-corrected chi connectivity index (χ0v) is 13.1. The van der Waals surface area contributed by atoms with E-state index in [2.05, 4.69) is 17.9 Å². The van der Waals surface area contributed by atoms with Gasteiger partial charge in [0, 0.05) is 29.9 Å². The molecule has 0 aliphatic carbocycles. The predicted molar refractivity (Wildman–Crippen MR) is 90.6 cm³/mol. The minimum atomic E-state index is 0.412. The number of para-hydroxylation sites is 1. The van der Waals surface area contributed by atoms with E-state index in [4.69, 9.17) is 29.6 Å². The van der Waals surface area contributed by atoms with Gasteiger partial charge in [-0.25, -0.2) is 0 Å². The van der Waals surface area contributed by atoms with E-state index in [0.29, 0.717) is 11.5 Å². The number of nitrogens with two attached hydrogens (primary N) is 1. The highest BCUT2D eigenvalue weighted by atomic mass is 35.5. The van der Waals surface area contributed by atoms with Crippen LogP contribution in [0.2, 0.25) is 5.02 Å². The highest BCUT2D eigenvalue weighted by Crippen LogP contribution is 2.27. The van der Waals surface area contributed by atoms with Crippen LogP contribution in [0.3, 0.4) is 0 Å². The van der Waals surface area contributed by atoms with Crippen LogP contribution >= 0.6 is 23.8 Å². The van der Waals surface area contributed by atoms with Gasteiger partial charge in [-0.2, -0.15) is 0 Å². The lowest BCUT2D eigenvalue weighted by Crippen LogP contribution is -2.22. The highest BCUT2D eigenvalue weighted by molar-refractivity contribution is 7.80. The maximum absolute atomic E-state index is 6.22. The molecule has 2 N–H and O–H groups in total. The average molecular weight is 305 g/mol. The second-order valence-electron chi connectivity index (χ2n) is 4.78. The number of nitrogens with zero attached hydrogens (tertiary/aromatic N) is 1. The number of rotatable bonds is 4. The molecule has 20 heavy (non-hydrogen) atoms. The SMILES string of the molecule is Cc1cccc(C(N)=S)c1N(C)Cc1ccccc1Cl. The second kappa shape index (κ2) is 6.25. The Morgan fingerprint density at radius 3 is 2.55 bits per heavy atom. The van der Waals surface area contributed by atoms with Crippen LogP contribution in [0.25, 0.3) is 0 Å². The number of anilines is 1. The zero-order chi connectivity index (χ0) is 14.7. The van der Waals surface area contributed by atoms with Crippen LogP contribution in [0, 0.1) is 6.92 Å². The van der Waals surface area contributed by atoms with Crippen molar-refractivity contribution in [3.8, 4) is 0 Å². The van der Waals surface area contributed by atoms with Gasteiger partial charge in [0.25, 0.3) is 0 Å². The molecule has 0 radical (unpaired) electrons. The maximum atomic E-state index is 6.22. The second-order valence-corrected chi connectivity index (χ2v) is 5.63. The highest BCUT2D eigenvalue weighted by Gasteiger charge is 2.13. The van der Waals surface area contributed by atoms with Gasteiger partial charge in [-0.15, -0.1) is 0 Å². The van der Waals surface area contributed by atoms with Crippen molar-refractivity contribution < 1.29 is 0 Å². The Kier molecular flexibility index (Phi) is 4.63. The Morgan fingerprint density at radius 1 is 1.20 bits per heavy atom. The van der Waals surface area contributed by atoms with Crippen LogP contribution in [0.4, 0.5) is 5.69 Å². The first-order valence-electron chi connectivity index (χ1n) is 6.34. The smallest absolute Gasteiger partial charge is 0.106 e. The summed E-state index contributed by atoms with van der Waals surface area (Å²) in [6.45, 7) is 2.76. The summed E-state index contributed by atoms with van der Waals surface area (Å²) in [7, 11) is 2.02. The summed E-state index contributed by atoms with van der Waals surface area (Å²) in [6.07, 6.45) is 0. The van der Waals surface area contributed by atoms with E-state index in [1.54, 1.807) is 0 Å². The van der Waals surface area contributed by atoms with Crippen molar-refractivity contribution in [1.29, 1.82) is 0 Å². The monoisotopic (exact) mass is 304 g/mol. The predicted octanol–water partition coefficient (Wildman–Crippen LogP) is 3.92. The number of hydrogen-bond donors (Lipinski definition) is 1. The molecule has 0 saturated heterocycles. The van der Waals surface area contributed by atoms with Crippen LogP contribution < -0.4 is 10.6 Å². The lowest BCUT2D eigenvalue weighted by atomic mass is 10.1. The molecule has 0 saturated carbocycles. The van der Waals surface area contributed by atoms with Crippen molar-refractivity contribution in [2.24, 2.45) is 5.73 Å². The third kappa shape index (κ3) is 3.11. The van der Waals surface area contributed by atoms with Crippen LogP contribution in [-0.4, -0.2) is 12.0 Å². The molecule has 0 amide bonds. The fourth-order valence-corrected chi connectivity index (χ4v) is 2.69. The van der Waals surface area contributed by atoms with E-state index < -0.39 is 0 Å². The third-order valence-corrected chi connectivity index (χ3v) is 3.84. The molecule has 0 unspecified atom stereocenters. The number of aryl methyl sites for hydroxylation is 1. The van der Waals surface area contributed by atoms with Crippen molar-refractivity contribution in [3.05, 3.63) is 64.2 Å². The Balaban J connectivity index is 2.37. The Hall–Kier alpha value is -1.58. The fraction of sp³-hybridized carbons (Fsp3) is 0.188. The zero-order valence-electron chi connectivity index (χ0n) is 11.6. The summed E-state index contributed by atoms with van der Waals surface area (Å²) in [4.78, 5) is 2.54. The number of benzene rings is 2. The molecule has 0 atom stereocenters. The number of thiocarbonyl (C=S) groups is 1. The maximum Gasteiger partial charge on any atom is 0.106 e. The molecule has 0 heterocycles. The van der Waals surface area contributed by atoms with Gasteiger partial charge in [0.05, 0.1) is 0 Å². The van der Waals surface area contributed by atoms with Gasteiger partial charge in [-0.3, -0.25) is 0 Å². The molecule has 104 valence electrons. The number of hydrogen-bond acceptors (Lipinski definition) is 2. The van der Waals surface area contributed by atoms with Crippen LogP contribution in [-0.2, 0) is 6.54 Å². The van der Waals surface area contributed by atoms with E-state index in [1.165, 1.54) is 0 Å². The fourth-order valence-electron chi connectivity index (χ4n) is 2.33. The molecule has 0 aliphatic rings. The molecule has 0 aliphatic heterocycles. The van der Waals surface area contributed by atoms with E-state index in [0.717, 1.165) is 27.4 Å². The van der Waals surface area contributed by atoms with Gasteiger partial charge >= 0.3 is 0 Å². The quantitative estimate of drug-likeness (QED) is 0.868. The van der Waals surface area contributed by atoms with Crippen LogP contribution in [0.1, 0.15) is 16.7 Å². The molecular formula is C16H17ClN2S. The van der Waals surface area contributed by atoms with Crippen molar-refractivity contribution >= 4 is 34.5 Å². The van der Waals surface area contributed by atoms with Gasteiger partial charge in [0.15, 0.2) is 0 Å². The first-order valence-corrected chi connectivity index (χ1v) is 7.13. The average Bonchev–Trinajstić information content (AvgIpc) is 2.40. The third-order valence-electron chi connectivity index (χ3n) is 3.25. The van der Waals surface area contributed by atoms with E-state index >= 15 is 0 Å². The Morgan fingerprint density at radius 2 is 1.90 bits per heavy atom. The molecule has 2 nitrogen and oxygen atoms in total. The van der Waals surface area contributed by atoms with Gasteiger partial charge < -0.3 is 10.6 Å². The van der Waals surface area contributed by atoms with Crippen molar-refractivity contribution in [1.82, 2.24) is 0 Å². The first-order chi connectivity index (χ1) is 9.50. The summed E-state index contributed by atoms with van der Waals surface area (Å²) in [5, 5.41) is 0.768. The van der Waals surface area contributed by atoms with E-state index in [1.807, 2.05) is 43.4 Å². The Labute approximate surface area is 130 Å². The number of halogens is 1. The largest absolute Gasteiger partial charge is 0.389 e. The minimum Gasteiger partial charge on any atom is -0.389 e. The summed E-state index contributed by atoms with van der Waals surface area (Å²) >= 11 is 11.4. The lowest BCUT2D eigenvalue weighted by molar-refractivity contribution is 0.916. The molecule has 2 aromatic carbocycles. The van der Waals surface area contributed by atoms with Gasteiger partial charge in [0.2, 0.25) is 0 Å². The summed E-state index contributed by atoms with van der Waals surface area (Å²) in [5.74, 6) is 0. The molecular weight excluding hydrogens is 288 g/mol. The summed E-state index contributed by atoms with van der Waals surface area (Å²) < 4.78 is 0. The normalized spacial score (nSPS) is 10.3. The summed E-state index contributed by atoms with van der Waals surface area (Å²) in [5.41, 5.74) is 10.00. The molecule has 4 heteroatoms. The topological polar surface area (TPSA) is 29.3 Å². The van der Waals surface area contributed by atoms with Gasteiger partial charge in [-0.1, -0.05) is 54.2 Å². The molecule has 2 rings (SSSR count). The molecule has 0 aromatic heterocycles. The van der Waals surface area contributed by atoms with Crippen molar-refractivity contribution in [3.63, 3.8) is 0 Å². The van der Waals surface area contributed by atoms with Crippen LogP contribution in [0.15, 0.2) is 42.5 Å². The van der Waals surface area contributed by atoms with Crippen molar-refractivity contribution in [2.75, 3.05) is 11.9 Å². The van der Waals surface area contributed by atoms with E-state index in [9.17, 15) is 0 Å². The summed E-state index contributed by atoms with van der Waals surface area (Å²) in [6, 6.07) is 13.8. The van der Waals surface area contributed by atoms with E-state index in [-0.39, 0.29) is 0 Å². The Bertz CT molecular complexity index is 640. The van der Waals surface area contributed by atoms with Gasteiger partial charge in [-0.05, 0) is 30.2 Å². The van der Waals surface area contributed by atoms with Crippen molar-refractivity contribution in [2.45, 2.75) is 13.5 Å². The lowest BCUT2D eigenvalue weighted by Gasteiger charge is -2.24. The van der Waals surface area contributed by atoms with Gasteiger partial charge in [0.1, 0.15) is 4.99 Å². The molecule has 0 bridgehead atoms. The molecule has 0 spiro atoms. The minimum absolute atomic E-state index is 0.412. The molecule has 2 aromatic rings. The first kappa shape index (κ1) is 14.8. The molecule has 0 fully saturated rings.